The SMILES string of the molecule is CCC(C(=O)O)S(=O)C1CCCC1. The van der Waals surface area contributed by atoms with Crippen LogP contribution < -0.4 is 0 Å². The second-order valence-corrected chi connectivity index (χ2v) is 5.36. The van der Waals surface area contributed by atoms with Gasteiger partial charge in [-0.05, 0) is 19.3 Å². The van der Waals surface area contributed by atoms with Gasteiger partial charge in [0.25, 0.3) is 0 Å². The Morgan fingerprint density at radius 2 is 2.08 bits per heavy atom. The van der Waals surface area contributed by atoms with Gasteiger partial charge in [-0.1, -0.05) is 19.8 Å². The van der Waals surface area contributed by atoms with E-state index in [-0.39, 0.29) is 5.25 Å². The van der Waals surface area contributed by atoms with Gasteiger partial charge in [0.15, 0.2) is 0 Å². The molecular weight excluding hydrogens is 188 g/mol. The zero-order valence-corrected chi connectivity index (χ0v) is 8.68. The summed E-state index contributed by atoms with van der Waals surface area (Å²) in [6, 6.07) is 0. The smallest absolute Gasteiger partial charge is 0.319 e. The lowest BCUT2D eigenvalue weighted by Gasteiger charge is -2.14. The number of hydrogen-bond donors (Lipinski definition) is 1. The van der Waals surface area contributed by atoms with Crippen molar-refractivity contribution in [3.05, 3.63) is 0 Å². The Morgan fingerprint density at radius 1 is 1.54 bits per heavy atom. The standard InChI is InChI=1S/C9H16O3S/c1-2-8(9(10)11)13(12)7-5-3-4-6-7/h7-8H,2-6H2,1H3,(H,10,11). The van der Waals surface area contributed by atoms with E-state index in [1.54, 1.807) is 6.92 Å². The molecule has 4 heteroatoms. The molecule has 1 rings (SSSR count). The van der Waals surface area contributed by atoms with E-state index in [1.165, 1.54) is 0 Å². The van der Waals surface area contributed by atoms with Crippen molar-refractivity contribution in [3.63, 3.8) is 0 Å². The van der Waals surface area contributed by atoms with Crippen molar-refractivity contribution in [2.24, 2.45) is 0 Å². The first kappa shape index (κ1) is 10.7. The zero-order valence-electron chi connectivity index (χ0n) is 7.86. The molecule has 1 N–H and O–H groups in total. The van der Waals surface area contributed by atoms with E-state index in [0.29, 0.717) is 6.42 Å². The van der Waals surface area contributed by atoms with Crippen LogP contribution in [0, 0.1) is 0 Å². The van der Waals surface area contributed by atoms with E-state index in [4.69, 9.17) is 5.11 Å². The van der Waals surface area contributed by atoms with Crippen molar-refractivity contribution in [3.8, 4) is 0 Å². The molecule has 13 heavy (non-hydrogen) atoms. The molecule has 76 valence electrons. The fourth-order valence-electron chi connectivity index (χ4n) is 1.79. The molecule has 3 nitrogen and oxygen atoms in total. The van der Waals surface area contributed by atoms with E-state index in [0.717, 1.165) is 25.7 Å². The highest BCUT2D eigenvalue weighted by atomic mass is 32.2. The molecule has 0 radical (unpaired) electrons. The lowest BCUT2D eigenvalue weighted by molar-refractivity contribution is -0.136. The fraction of sp³-hybridized carbons (Fsp3) is 0.889. The van der Waals surface area contributed by atoms with E-state index >= 15 is 0 Å². The summed E-state index contributed by atoms with van der Waals surface area (Å²) in [6.45, 7) is 1.78. The summed E-state index contributed by atoms with van der Waals surface area (Å²) in [5.41, 5.74) is 0. The third kappa shape index (κ3) is 2.53. The van der Waals surface area contributed by atoms with Crippen molar-refractivity contribution in [1.29, 1.82) is 0 Å². The van der Waals surface area contributed by atoms with Crippen molar-refractivity contribution in [2.75, 3.05) is 0 Å². The molecule has 0 saturated heterocycles. The lowest BCUT2D eigenvalue weighted by atomic mass is 10.3. The number of aliphatic carboxylic acids is 1. The summed E-state index contributed by atoms with van der Waals surface area (Å²) in [7, 11) is -1.16. The number of carbonyl (C=O) groups is 1. The third-order valence-corrected chi connectivity index (χ3v) is 4.78. The summed E-state index contributed by atoms with van der Waals surface area (Å²) < 4.78 is 11.7. The molecule has 0 bridgehead atoms. The van der Waals surface area contributed by atoms with Crippen LogP contribution in [0.1, 0.15) is 39.0 Å². The van der Waals surface area contributed by atoms with Gasteiger partial charge in [-0.2, -0.15) is 0 Å². The molecule has 0 heterocycles. The Morgan fingerprint density at radius 3 is 2.46 bits per heavy atom. The Bertz CT molecular complexity index is 209. The van der Waals surface area contributed by atoms with Crippen molar-refractivity contribution >= 4 is 16.8 Å². The van der Waals surface area contributed by atoms with Crippen LogP contribution in [-0.2, 0) is 15.6 Å². The van der Waals surface area contributed by atoms with Crippen LogP contribution >= 0.6 is 0 Å². The summed E-state index contributed by atoms with van der Waals surface area (Å²) in [5, 5.41) is 8.30. The van der Waals surface area contributed by atoms with Crippen LogP contribution in [0.3, 0.4) is 0 Å². The maximum atomic E-state index is 11.7. The van der Waals surface area contributed by atoms with E-state index in [2.05, 4.69) is 0 Å². The van der Waals surface area contributed by atoms with Gasteiger partial charge in [-0.3, -0.25) is 9.00 Å². The molecule has 2 atom stereocenters. The monoisotopic (exact) mass is 204 g/mol. The molecule has 0 spiro atoms. The predicted octanol–water partition coefficient (Wildman–Crippen LogP) is 1.54. The number of carboxylic acid groups (broad SMARTS) is 1. The minimum absolute atomic E-state index is 0.140. The third-order valence-electron chi connectivity index (χ3n) is 2.56. The highest BCUT2D eigenvalue weighted by Crippen LogP contribution is 2.25. The quantitative estimate of drug-likeness (QED) is 0.755. The maximum Gasteiger partial charge on any atom is 0.319 e. The first-order chi connectivity index (χ1) is 6.16. The second kappa shape index (κ2) is 4.74. The fourth-order valence-corrected chi connectivity index (χ4v) is 3.58. The highest BCUT2D eigenvalue weighted by Gasteiger charge is 2.30. The van der Waals surface area contributed by atoms with Gasteiger partial charge < -0.3 is 5.11 Å². The molecule has 2 unspecified atom stereocenters. The van der Waals surface area contributed by atoms with Crippen LogP contribution in [0.15, 0.2) is 0 Å². The molecule has 0 aromatic heterocycles. The summed E-state index contributed by atoms with van der Waals surface area (Å²) in [5.74, 6) is -0.910. The van der Waals surface area contributed by atoms with E-state index in [1.807, 2.05) is 0 Å². The zero-order chi connectivity index (χ0) is 9.84. The van der Waals surface area contributed by atoms with Gasteiger partial charge in [0.1, 0.15) is 5.25 Å². The number of hydrogen-bond acceptors (Lipinski definition) is 2. The second-order valence-electron chi connectivity index (χ2n) is 3.47. The molecule has 0 amide bonds. The van der Waals surface area contributed by atoms with E-state index in [9.17, 15) is 9.00 Å². The van der Waals surface area contributed by atoms with Gasteiger partial charge in [-0.25, -0.2) is 0 Å². The van der Waals surface area contributed by atoms with Crippen molar-refractivity contribution < 1.29 is 14.1 Å². The van der Waals surface area contributed by atoms with Crippen molar-refractivity contribution in [1.82, 2.24) is 0 Å². The maximum absolute atomic E-state index is 11.7. The van der Waals surface area contributed by atoms with Crippen LogP contribution in [0.5, 0.6) is 0 Å². The molecule has 1 aliphatic rings. The van der Waals surface area contributed by atoms with Crippen LogP contribution in [0.2, 0.25) is 0 Å². The van der Waals surface area contributed by atoms with E-state index < -0.39 is 22.0 Å². The van der Waals surface area contributed by atoms with Crippen LogP contribution in [-0.4, -0.2) is 25.8 Å². The summed E-state index contributed by atoms with van der Waals surface area (Å²) in [6.07, 6.45) is 4.56. The predicted molar refractivity (Wildman–Crippen MR) is 52.1 cm³/mol. The normalized spacial score (nSPS) is 22.8. The molecule has 0 aromatic carbocycles. The average molecular weight is 204 g/mol. The van der Waals surface area contributed by atoms with Gasteiger partial charge in [0.2, 0.25) is 0 Å². The van der Waals surface area contributed by atoms with Gasteiger partial charge in [0, 0.05) is 16.0 Å². The van der Waals surface area contributed by atoms with Gasteiger partial charge >= 0.3 is 5.97 Å². The lowest BCUT2D eigenvalue weighted by Crippen LogP contribution is -2.30. The van der Waals surface area contributed by atoms with Crippen LogP contribution in [0.25, 0.3) is 0 Å². The largest absolute Gasteiger partial charge is 0.480 e. The Kier molecular flexibility index (Phi) is 3.90. The Labute approximate surface area is 81.0 Å². The molecular formula is C9H16O3S. The topological polar surface area (TPSA) is 54.4 Å². The molecule has 1 fully saturated rings. The molecule has 1 saturated carbocycles. The number of rotatable bonds is 4. The van der Waals surface area contributed by atoms with Crippen molar-refractivity contribution in [2.45, 2.75) is 49.5 Å². The molecule has 0 aliphatic heterocycles. The average Bonchev–Trinajstić information content (AvgIpc) is 2.56. The minimum atomic E-state index is -1.16. The first-order valence-electron chi connectivity index (χ1n) is 4.79. The Hall–Kier alpha value is -0.380. The van der Waals surface area contributed by atoms with Gasteiger partial charge in [-0.15, -0.1) is 0 Å². The summed E-state index contributed by atoms with van der Waals surface area (Å²) >= 11 is 0. The number of carboxylic acids is 1. The molecule has 0 aromatic rings. The van der Waals surface area contributed by atoms with Gasteiger partial charge in [0.05, 0.1) is 0 Å². The minimum Gasteiger partial charge on any atom is -0.480 e. The highest BCUT2D eigenvalue weighted by molar-refractivity contribution is 7.87. The molecule has 1 aliphatic carbocycles. The summed E-state index contributed by atoms with van der Waals surface area (Å²) in [4.78, 5) is 10.7. The Balaban J connectivity index is 2.57. The van der Waals surface area contributed by atoms with Crippen LogP contribution in [0.4, 0.5) is 0 Å². The first-order valence-corrected chi connectivity index (χ1v) is 6.06.